The highest BCUT2D eigenvalue weighted by Gasteiger charge is 2.23. The van der Waals surface area contributed by atoms with Gasteiger partial charge in [0.15, 0.2) is 5.16 Å². The molecule has 1 aromatic heterocycles. The molecule has 0 bridgehead atoms. The van der Waals surface area contributed by atoms with Crippen LogP contribution in [-0.4, -0.2) is 44.3 Å². The van der Waals surface area contributed by atoms with Gasteiger partial charge in [-0.3, -0.25) is 4.79 Å². The fourth-order valence-corrected chi connectivity index (χ4v) is 4.90. The molecule has 0 atom stereocenters. The van der Waals surface area contributed by atoms with Crippen LogP contribution in [0.15, 0.2) is 63.6 Å². The number of hydrogen-bond donors (Lipinski definition) is 2. The van der Waals surface area contributed by atoms with Crippen molar-refractivity contribution in [3.05, 3.63) is 54.2 Å². The highest BCUT2D eigenvalue weighted by atomic mass is 32.2. The molecule has 1 heterocycles. The molecule has 3 aromatic rings. The van der Waals surface area contributed by atoms with Gasteiger partial charge in [0.2, 0.25) is 15.7 Å². The smallest absolute Gasteiger partial charge is 0.234 e. The standard InChI is InChI=1S/C23H26N4O5S2/c1-14(2)15-5-8-17(9-6-15)34(29,30)20-12-25-23(27-22(20)24)33-13-21(28)26-18-10-7-16(31-3)11-19(18)32-4/h5-12,14H,13H2,1-4H3,(H,26,28)(H2,24,25,27). The Bertz CT molecular complexity index is 1280. The number of aromatic nitrogens is 2. The minimum Gasteiger partial charge on any atom is -0.497 e. The van der Waals surface area contributed by atoms with Gasteiger partial charge >= 0.3 is 0 Å². The Morgan fingerprint density at radius 3 is 2.41 bits per heavy atom. The fraction of sp³-hybridized carbons (Fsp3) is 0.261. The Morgan fingerprint density at radius 1 is 1.12 bits per heavy atom. The number of nitrogens with one attached hydrogen (secondary N) is 1. The molecule has 3 N–H and O–H groups in total. The molecule has 2 aromatic carbocycles. The Morgan fingerprint density at radius 2 is 1.82 bits per heavy atom. The summed E-state index contributed by atoms with van der Waals surface area (Å²) in [7, 11) is -0.851. The van der Waals surface area contributed by atoms with Crippen LogP contribution in [0.4, 0.5) is 11.5 Å². The number of methoxy groups -OCH3 is 2. The zero-order valence-corrected chi connectivity index (χ0v) is 20.9. The summed E-state index contributed by atoms with van der Waals surface area (Å²) in [4.78, 5) is 20.5. The van der Waals surface area contributed by atoms with Gasteiger partial charge in [0.05, 0.1) is 36.8 Å². The summed E-state index contributed by atoms with van der Waals surface area (Å²) in [6.07, 6.45) is 1.17. The Kier molecular flexibility index (Phi) is 8.00. The molecule has 1 amide bonds. The fourth-order valence-electron chi connectivity index (χ4n) is 3.02. The van der Waals surface area contributed by atoms with Crippen molar-refractivity contribution in [2.75, 3.05) is 31.0 Å². The number of ether oxygens (including phenoxy) is 2. The number of anilines is 2. The second kappa shape index (κ2) is 10.7. The number of rotatable bonds is 9. The molecule has 9 nitrogen and oxygen atoms in total. The molecule has 0 aliphatic heterocycles. The normalized spacial score (nSPS) is 11.3. The Hall–Kier alpha value is -3.31. The number of hydrogen-bond acceptors (Lipinski definition) is 9. The maximum atomic E-state index is 13.0. The molecule has 180 valence electrons. The summed E-state index contributed by atoms with van der Waals surface area (Å²) in [6.45, 7) is 4.05. The molecule has 34 heavy (non-hydrogen) atoms. The number of benzene rings is 2. The summed E-state index contributed by atoms with van der Waals surface area (Å²) in [5, 5.41) is 2.93. The van der Waals surface area contributed by atoms with Crippen LogP contribution in [0, 0.1) is 0 Å². The van der Waals surface area contributed by atoms with E-state index >= 15 is 0 Å². The largest absolute Gasteiger partial charge is 0.497 e. The molecular weight excluding hydrogens is 476 g/mol. The van der Waals surface area contributed by atoms with Crippen molar-refractivity contribution < 1.29 is 22.7 Å². The maximum Gasteiger partial charge on any atom is 0.234 e. The minimum absolute atomic E-state index is 0.0165. The van der Waals surface area contributed by atoms with E-state index in [0.717, 1.165) is 17.3 Å². The van der Waals surface area contributed by atoms with E-state index in [0.29, 0.717) is 17.2 Å². The monoisotopic (exact) mass is 502 g/mol. The van der Waals surface area contributed by atoms with Crippen LogP contribution in [0.1, 0.15) is 25.3 Å². The summed E-state index contributed by atoms with van der Waals surface area (Å²) >= 11 is 1.03. The van der Waals surface area contributed by atoms with Crippen molar-refractivity contribution in [1.82, 2.24) is 9.97 Å². The quantitative estimate of drug-likeness (QED) is 0.331. The molecule has 0 saturated carbocycles. The van der Waals surface area contributed by atoms with Crippen LogP contribution in [0.5, 0.6) is 11.5 Å². The lowest BCUT2D eigenvalue weighted by molar-refractivity contribution is -0.113. The summed E-state index contributed by atoms with van der Waals surface area (Å²) in [5.74, 6) is 0.815. The van der Waals surface area contributed by atoms with Crippen LogP contribution in [0.2, 0.25) is 0 Å². The number of amides is 1. The highest BCUT2D eigenvalue weighted by Crippen LogP contribution is 2.30. The lowest BCUT2D eigenvalue weighted by atomic mass is 10.0. The van der Waals surface area contributed by atoms with E-state index < -0.39 is 9.84 Å². The van der Waals surface area contributed by atoms with E-state index in [2.05, 4.69) is 15.3 Å². The third kappa shape index (κ3) is 5.78. The van der Waals surface area contributed by atoms with E-state index in [4.69, 9.17) is 15.2 Å². The third-order valence-electron chi connectivity index (χ3n) is 4.92. The summed E-state index contributed by atoms with van der Waals surface area (Å²) in [5.41, 5.74) is 7.46. The zero-order valence-electron chi connectivity index (χ0n) is 19.2. The van der Waals surface area contributed by atoms with Crippen molar-refractivity contribution in [2.24, 2.45) is 0 Å². The van der Waals surface area contributed by atoms with Gasteiger partial charge in [0, 0.05) is 6.07 Å². The molecule has 3 rings (SSSR count). The predicted octanol–water partition coefficient (Wildman–Crippen LogP) is 3.76. The average molecular weight is 503 g/mol. The first-order chi connectivity index (χ1) is 16.1. The Balaban J connectivity index is 1.69. The number of nitrogen functional groups attached to an aromatic ring is 1. The van der Waals surface area contributed by atoms with Crippen LogP contribution < -0.4 is 20.5 Å². The molecule has 11 heteroatoms. The van der Waals surface area contributed by atoms with E-state index in [1.165, 1.54) is 20.4 Å². The molecule has 0 aliphatic rings. The number of nitrogens with zero attached hydrogens (tertiary/aromatic N) is 2. The molecule has 0 unspecified atom stereocenters. The van der Waals surface area contributed by atoms with Crippen LogP contribution >= 0.6 is 11.8 Å². The van der Waals surface area contributed by atoms with Gasteiger partial charge in [-0.25, -0.2) is 18.4 Å². The van der Waals surface area contributed by atoms with Crippen LogP contribution in [0.25, 0.3) is 0 Å². The van der Waals surface area contributed by atoms with Crippen LogP contribution in [0.3, 0.4) is 0 Å². The number of carbonyl (C=O) groups is 1. The summed E-state index contributed by atoms with van der Waals surface area (Å²) in [6, 6.07) is 11.7. The van der Waals surface area contributed by atoms with Gasteiger partial charge in [-0.2, -0.15) is 0 Å². The topological polar surface area (TPSA) is 133 Å². The van der Waals surface area contributed by atoms with Gasteiger partial charge in [-0.15, -0.1) is 0 Å². The van der Waals surface area contributed by atoms with E-state index in [-0.39, 0.29) is 38.3 Å². The predicted molar refractivity (Wildman–Crippen MR) is 131 cm³/mol. The van der Waals surface area contributed by atoms with Gasteiger partial charge in [0.1, 0.15) is 22.2 Å². The van der Waals surface area contributed by atoms with Crippen LogP contribution in [-0.2, 0) is 14.6 Å². The zero-order chi connectivity index (χ0) is 24.9. The number of thioether (sulfide) groups is 1. The second-order valence-electron chi connectivity index (χ2n) is 7.53. The summed E-state index contributed by atoms with van der Waals surface area (Å²) < 4.78 is 36.4. The molecule has 0 spiro atoms. The number of sulfone groups is 1. The van der Waals surface area contributed by atoms with Crippen molar-refractivity contribution in [3.8, 4) is 11.5 Å². The van der Waals surface area contributed by atoms with Gasteiger partial charge in [0.25, 0.3) is 0 Å². The number of carbonyl (C=O) groups excluding carboxylic acids is 1. The van der Waals surface area contributed by atoms with Crippen molar-refractivity contribution >= 4 is 39.0 Å². The van der Waals surface area contributed by atoms with E-state index in [1.807, 2.05) is 13.8 Å². The van der Waals surface area contributed by atoms with E-state index in [9.17, 15) is 13.2 Å². The van der Waals surface area contributed by atoms with Gasteiger partial charge in [-0.1, -0.05) is 37.7 Å². The SMILES string of the molecule is COc1ccc(NC(=O)CSc2ncc(S(=O)(=O)c3ccc(C(C)C)cc3)c(N)n2)c(OC)c1. The molecular formula is C23H26N4O5S2. The lowest BCUT2D eigenvalue weighted by Crippen LogP contribution is -2.15. The maximum absolute atomic E-state index is 13.0. The first-order valence-electron chi connectivity index (χ1n) is 10.3. The van der Waals surface area contributed by atoms with Gasteiger partial charge in [-0.05, 0) is 35.7 Å². The molecule has 0 radical (unpaired) electrons. The van der Waals surface area contributed by atoms with Crippen molar-refractivity contribution in [2.45, 2.75) is 34.7 Å². The molecule has 0 saturated heterocycles. The first kappa shape index (κ1) is 25.3. The minimum atomic E-state index is -3.88. The van der Waals surface area contributed by atoms with E-state index in [1.54, 1.807) is 42.5 Å². The average Bonchev–Trinajstić information content (AvgIpc) is 2.82. The van der Waals surface area contributed by atoms with Crippen molar-refractivity contribution in [1.29, 1.82) is 0 Å². The molecule has 0 fully saturated rings. The third-order valence-corrected chi connectivity index (χ3v) is 7.57. The highest BCUT2D eigenvalue weighted by molar-refractivity contribution is 7.99. The first-order valence-corrected chi connectivity index (χ1v) is 12.7. The molecule has 0 aliphatic carbocycles. The number of nitrogens with two attached hydrogens (primary N) is 1. The van der Waals surface area contributed by atoms with Crippen molar-refractivity contribution in [3.63, 3.8) is 0 Å². The van der Waals surface area contributed by atoms with Gasteiger partial charge < -0.3 is 20.5 Å². The Labute approximate surface area is 203 Å². The lowest BCUT2D eigenvalue weighted by Gasteiger charge is -2.12. The second-order valence-corrected chi connectivity index (χ2v) is 10.4.